The molecule has 1 N–H and O–H groups in total. The molecule has 1 fully saturated rings. The first-order valence-corrected chi connectivity index (χ1v) is 8.84. The lowest BCUT2D eigenvalue weighted by molar-refractivity contribution is 0.186. The third-order valence-corrected chi connectivity index (χ3v) is 4.42. The van der Waals surface area contributed by atoms with E-state index in [1.807, 2.05) is 30.1 Å². The number of nitrogens with one attached hydrogen (secondary N) is 1. The molecule has 1 saturated heterocycles. The van der Waals surface area contributed by atoms with E-state index >= 15 is 0 Å². The second kappa shape index (κ2) is 8.46. The normalized spacial score (nSPS) is 18.3. The molecule has 2 heterocycles. The number of carbonyl (C=O) groups excluding carboxylic acids is 1. The molecule has 1 aromatic heterocycles. The second-order valence-electron chi connectivity index (χ2n) is 6.37. The number of aromatic nitrogens is 3. The lowest BCUT2D eigenvalue weighted by atomic mass is 10.1. The smallest absolute Gasteiger partial charge is 0.318 e. The predicted molar refractivity (Wildman–Crippen MR) is 97.7 cm³/mol. The lowest BCUT2D eigenvalue weighted by Gasteiger charge is -2.28. The van der Waals surface area contributed by atoms with Gasteiger partial charge in [0.1, 0.15) is 6.33 Å². The van der Waals surface area contributed by atoms with Crippen LogP contribution in [-0.2, 0) is 13.6 Å². The Labute approximate surface area is 148 Å². The van der Waals surface area contributed by atoms with E-state index in [4.69, 9.17) is 0 Å². The number of hydrogen-bond acceptors (Lipinski definition) is 3. The van der Waals surface area contributed by atoms with Crippen molar-refractivity contribution in [2.75, 3.05) is 6.54 Å². The van der Waals surface area contributed by atoms with Gasteiger partial charge in [0, 0.05) is 13.6 Å². The summed E-state index contributed by atoms with van der Waals surface area (Å²) in [4.78, 5) is 18.8. The molecule has 0 bridgehead atoms. The minimum Gasteiger partial charge on any atom is -0.331 e. The molecule has 1 aliphatic heterocycles. The summed E-state index contributed by atoms with van der Waals surface area (Å²) in [6.07, 6.45) is 10.3. The number of aryl methyl sites for hydroxylation is 1. The minimum atomic E-state index is -0.0444. The molecule has 132 valence electrons. The fourth-order valence-corrected chi connectivity index (χ4v) is 3.09. The van der Waals surface area contributed by atoms with Gasteiger partial charge in [0.15, 0.2) is 5.82 Å². The maximum absolute atomic E-state index is 12.7. The van der Waals surface area contributed by atoms with Crippen molar-refractivity contribution >= 4 is 12.1 Å². The van der Waals surface area contributed by atoms with Gasteiger partial charge in [-0.3, -0.25) is 4.68 Å². The van der Waals surface area contributed by atoms with Gasteiger partial charge in [-0.05, 0) is 18.4 Å². The third-order valence-electron chi connectivity index (χ3n) is 4.42. The highest BCUT2D eigenvalue weighted by Crippen LogP contribution is 2.19. The third kappa shape index (κ3) is 4.92. The quantitative estimate of drug-likeness (QED) is 0.931. The molecule has 2 amide bonds. The number of likely N-dealkylation sites (tertiary alicyclic amines) is 1. The van der Waals surface area contributed by atoms with Gasteiger partial charge in [0.05, 0.1) is 12.6 Å². The Hall–Kier alpha value is -2.63. The molecule has 1 aliphatic rings. The highest BCUT2D eigenvalue weighted by atomic mass is 16.2. The van der Waals surface area contributed by atoms with Crippen LogP contribution in [-0.4, -0.2) is 38.3 Å². The molecular formula is C19H25N5O. The maximum Gasteiger partial charge on any atom is 0.318 e. The van der Waals surface area contributed by atoms with Crippen molar-refractivity contribution in [2.45, 2.75) is 38.3 Å². The molecule has 1 aromatic carbocycles. The van der Waals surface area contributed by atoms with Crippen LogP contribution in [0.1, 0.15) is 37.1 Å². The summed E-state index contributed by atoms with van der Waals surface area (Å²) >= 11 is 0. The van der Waals surface area contributed by atoms with Crippen molar-refractivity contribution in [1.82, 2.24) is 25.0 Å². The predicted octanol–water partition coefficient (Wildman–Crippen LogP) is 2.98. The molecule has 0 saturated carbocycles. The Balaban J connectivity index is 1.64. The topological polar surface area (TPSA) is 63.1 Å². The highest BCUT2D eigenvalue weighted by molar-refractivity contribution is 5.75. The molecule has 3 rings (SSSR count). The molecule has 1 unspecified atom stereocenters. The van der Waals surface area contributed by atoms with Crippen LogP contribution in [0.2, 0.25) is 0 Å². The van der Waals surface area contributed by atoms with E-state index in [2.05, 4.69) is 39.7 Å². The van der Waals surface area contributed by atoms with Gasteiger partial charge in [-0.1, -0.05) is 55.3 Å². The van der Waals surface area contributed by atoms with Gasteiger partial charge in [0.25, 0.3) is 0 Å². The lowest BCUT2D eigenvalue weighted by Crippen LogP contribution is -2.45. The molecule has 0 spiro atoms. The summed E-state index contributed by atoms with van der Waals surface area (Å²) in [5, 5.41) is 7.15. The minimum absolute atomic E-state index is 0.0444. The summed E-state index contributed by atoms with van der Waals surface area (Å²) in [6.45, 7) is 1.14. The van der Waals surface area contributed by atoms with Crippen LogP contribution in [0.15, 0.2) is 42.7 Å². The Bertz CT molecular complexity index is 710. The van der Waals surface area contributed by atoms with Gasteiger partial charge < -0.3 is 10.2 Å². The summed E-state index contributed by atoms with van der Waals surface area (Å²) in [5.41, 5.74) is 1.16. The molecule has 6 nitrogen and oxygen atoms in total. The van der Waals surface area contributed by atoms with Crippen LogP contribution >= 0.6 is 0 Å². The molecule has 6 heteroatoms. The number of benzene rings is 1. The molecular weight excluding hydrogens is 314 g/mol. The zero-order valence-corrected chi connectivity index (χ0v) is 14.6. The number of carbonyl (C=O) groups is 1. The van der Waals surface area contributed by atoms with E-state index in [9.17, 15) is 4.79 Å². The standard InChI is InChI=1S/C19H25N5O/c1-23-15-21-18(22-23)14-20-19(25)24-13-7-3-6-10-17(24)12-11-16-8-4-2-5-9-16/h2,4-5,8-9,11-12,15,17H,3,6-7,10,13-14H2,1H3,(H,20,25)/b12-11+. The van der Waals surface area contributed by atoms with Crippen molar-refractivity contribution in [1.29, 1.82) is 0 Å². The summed E-state index contributed by atoms with van der Waals surface area (Å²) in [6, 6.07) is 10.3. The highest BCUT2D eigenvalue weighted by Gasteiger charge is 2.23. The van der Waals surface area contributed by atoms with E-state index in [0.717, 1.165) is 31.4 Å². The molecule has 25 heavy (non-hydrogen) atoms. The Morgan fingerprint density at radius 1 is 1.28 bits per heavy atom. The summed E-state index contributed by atoms with van der Waals surface area (Å²) in [5.74, 6) is 0.627. The largest absolute Gasteiger partial charge is 0.331 e. The van der Waals surface area contributed by atoms with E-state index in [0.29, 0.717) is 12.4 Å². The molecule has 0 aliphatic carbocycles. The Kier molecular flexibility index (Phi) is 5.82. The summed E-state index contributed by atoms with van der Waals surface area (Å²) < 4.78 is 1.64. The second-order valence-corrected chi connectivity index (χ2v) is 6.37. The number of rotatable bonds is 4. The van der Waals surface area contributed by atoms with Crippen molar-refractivity contribution in [2.24, 2.45) is 7.05 Å². The zero-order valence-electron chi connectivity index (χ0n) is 14.6. The van der Waals surface area contributed by atoms with Gasteiger partial charge in [-0.2, -0.15) is 5.10 Å². The number of hydrogen-bond donors (Lipinski definition) is 1. The Morgan fingerprint density at radius 3 is 2.88 bits per heavy atom. The SMILES string of the molecule is Cn1cnc(CNC(=O)N2CCCCCC2/C=C/c2ccccc2)n1. The van der Waals surface area contributed by atoms with Gasteiger partial charge in [-0.15, -0.1) is 0 Å². The van der Waals surface area contributed by atoms with Crippen molar-refractivity contribution in [3.05, 3.63) is 54.1 Å². The van der Waals surface area contributed by atoms with Crippen molar-refractivity contribution in [3.8, 4) is 0 Å². The first-order valence-electron chi connectivity index (χ1n) is 8.84. The maximum atomic E-state index is 12.7. The van der Waals surface area contributed by atoms with Crippen molar-refractivity contribution < 1.29 is 4.79 Å². The van der Waals surface area contributed by atoms with Gasteiger partial charge in [0.2, 0.25) is 0 Å². The fourth-order valence-electron chi connectivity index (χ4n) is 3.09. The zero-order chi connectivity index (χ0) is 17.5. The molecule has 1 atom stereocenters. The van der Waals surface area contributed by atoms with E-state index in [1.54, 1.807) is 11.0 Å². The molecule has 0 radical (unpaired) electrons. The van der Waals surface area contributed by atoms with E-state index < -0.39 is 0 Å². The average Bonchev–Trinajstić information content (AvgIpc) is 2.91. The van der Waals surface area contributed by atoms with Crippen LogP contribution < -0.4 is 5.32 Å². The van der Waals surface area contributed by atoms with Gasteiger partial charge in [-0.25, -0.2) is 9.78 Å². The molecule has 2 aromatic rings. The van der Waals surface area contributed by atoms with Crippen molar-refractivity contribution in [3.63, 3.8) is 0 Å². The van der Waals surface area contributed by atoms with Crippen LogP contribution in [0.25, 0.3) is 6.08 Å². The van der Waals surface area contributed by atoms with Crippen LogP contribution in [0.5, 0.6) is 0 Å². The van der Waals surface area contributed by atoms with Gasteiger partial charge >= 0.3 is 6.03 Å². The fraction of sp³-hybridized carbons (Fsp3) is 0.421. The first kappa shape index (κ1) is 17.2. The Morgan fingerprint density at radius 2 is 2.12 bits per heavy atom. The first-order chi connectivity index (χ1) is 12.2. The van der Waals surface area contributed by atoms with Crippen LogP contribution in [0, 0.1) is 0 Å². The monoisotopic (exact) mass is 339 g/mol. The number of nitrogens with zero attached hydrogens (tertiary/aromatic N) is 4. The van der Waals surface area contributed by atoms with E-state index in [-0.39, 0.29) is 12.1 Å². The number of urea groups is 1. The number of amides is 2. The summed E-state index contributed by atoms with van der Waals surface area (Å²) in [7, 11) is 1.82. The van der Waals surface area contributed by atoms with E-state index in [1.165, 1.54) is 6.42 Å². The average molecular weight is 339 g/mol. The van der Waals surface area contributed by atoms with Crippen LogP contribution in [0.4, 0.5) is 4.79 Å². The van der Waals surface area contributed by atoms with Crippen LogP contribution in [0.3, 0.4) is 0 Å².